The second-order valence-corrected chi connectivity index (χ2v) is 6.14. The first-order chi connectivity index (χ1) is 9.74. The Labute approximate surface area is 126 Å². The highest BCUT2D eigenvalue weighted by Crippen LogP contribution is 2.12. The van der Waals surface area contributed by atoms with Crippen molar-refractivity contribution in [3.05, 3.63) is 0 Å². The van der Waals surface area contributed by atoms with Gasteiger partial charge >= 0.3 is 0 Å². The molecule has 1 aromatic rings. The van der Waals surface area contributed by atoms with Crippen LogP contribution in [-0.2, 0) is 11.3 Å². The minimum atomic E-state index is 0.700. The number of ether oxygens (including phenoxy) is 1. The van der Waals surface area contributed by atoms with E-state index in [2.05, 4.69) is 41.6 Å². The number of nitrogens with one attached hydrogen (secondary N) is 1. The van der Waals surface area contributed by atoms with E-state index in [0.717, 1.165) is 56.6 Å². The first kappa shape index (κ1) is 17.4. The molecule has 0 saturated carbocycles. The van der Waals surface area contributed by atoms with Gasteiger partial charge in [0.25, 0.3) is 0 Å². The summed E-state index contributed by atoms with van der Waals surface area (Å²) in [5.41, 5.74) is 0. The standard InChI is InChI=1S/C13H27N5OS/c1-4-6-14-7-8-18-13(15-16-17-18)20-11-10-19-9-5-12(2)3/h12,14H,4-11H2,1-3H3. The van der Waals surface area contributed by atoms with Crippen molar-refractivity contribution < 1.29 is 4.74 Å². The Balaban J connectivity index is 2.12. The van der Waals surface area contributed by atoms with Crippen LogP contribution >= 0.6 is 11.8 Å². The molecule has 0 radical (unpaired) electrons. The summed E-state index contributed by atoms with van der Waals surface area (Å²) >= 11 is 1.65. The van der Waals surface area contributed by atoms with E-state index in [1.807, 2.05) is 4.68 Å². The second kappa shape index (κ2) is 11.0. The summed E-state index contributed by atoms with van der Waals surface area (Å²) in [7, 11) is 0. The predicted octanol–water partition coefficient (Wildman–Crippen LogP) is 1.83. The van der Waals surface area contributed by atoms with Gasteiger partial charge in [0.15, 0.2) is 0 Å². The van der Waals surface area contributed by atoms with Crippen LogP contribution in [0.3, 0.4) is 0 Å². The van der Waals surface area contributed by atoms with Gasteiger partial charge in [-0.2, -0.15) is 0 Å². The van der Waals surface area contributed by atoms with Crippen LogP contribution in [0, 0.1) is 5.92 Å². The van der Waals surface area contributed by atoms with E-state index >= 15 is 0 Å². The van der Waals surface area contributed by atoms with Crippen LogP contribution in [-0.4, -0.2) is 52.3 Å². The molecular weight excluding hydrogens is 274 g/mol. The van der Waals surface area contributed by atoms with Crippen LogP contribution in [0.4, 0.5) is 0 Å². The molecule has 1 rings (SSSR count). The number of hydrogen-bond acceptors (Lipinski definition) is 6. The Kier molecular flexibility index (Phi) is 9.61. The molecule has 0 spiro atoms. The lowest BCUT2D eigenvalue weighted by molar-refractivity contribution is 0.138. The van der Waals surface area contributed by atoms with Crippen molar-refractivity contribution in [2.45, 2.75) is 45.3 Å². The van der Waals surface area contributed by atoms with Crippen LogP contribution in [0.1, 0.15) is 33.6 Å². The molecule has 6 nitrogen and oxygen atoms in total. The van der Waals surface area contributed by atoms with Crippen molar-refractivity contribution in [3.63, 3.8) is 0 Å². The van der Waals surface area contributed by atoms with Gasteiger partial charge in [-0.15, -0.1) is 5.10 Å². The first-order valence-corrected chi connectivity index (χ1v) is 8.40. The van der Waals surface area contributed by atoms with Gasteiger partial charge in [0, 0.05) is 18.9 Å². The van der Waals surface area contributed by atoms with Gasteiger partial charge in [-0.25, -0.2) is 4.68 Å². The summed E-state index contributed by atoms with van der Waals surface area (Å²) in [5, 5.41) is 16.0. The highest BCUT2D eigenvalue weighted by molar-refractivity contribution is 7.99. The fourth-order valence-electron chi connectivity index (χ4n) is 1.54. The van der Waals surface area contributed by atoms with E-state index in [1.54, 1.807) is 11.8 Å². The highest BCUT2D eigenvalue weighted by Gasteiger charge is 2.06. The number of thioether (sulfide) groups is 1. The number of tetrazole rings is 1. The summed E-state index contributed by atoms with van der Waals surface area (Å²) in [6.07, 6.45) is 2.26. The first-order valence-electron chi connectivity index (χ1n) is 7.41. The SMILES string of the molecule is CCCNCCn1nnnc1SCCOCCC(C)C. The third-order valence-electron chi connectivity index (χ3n) is 2.72. The topological polar surface area (TPSA) is 64.9 Å². The molecule has 7 heteroatoms. The summed E-state index contributed by atoms with van der Waals surface area (Å²) < 4.78 is 7.43. The van der Waals surface area contributed by atoms with Crippen LogP contribution in [0.15, 0.2) is 5.16 Å². The molecule has 0 atom stereocenters. The lowest BCUT2D eigenvalue weighted by Crippen LogP contribution is -2.21. The van der Waals surface area contributed by atoms with E-state index in [4.69, 9.17) is 4.74 Å². The zero-order valence-corrected chi connectivity index (χ0v) is 13.7. The molecule has 0 aliphatic carbocycles. The van der Waals surface area contributed by atoms with E-state index in [0.29, 0.717) is 5.92 Å². The van der Waals surface area contributed by atoms with Crippen LogP contribution in [0.5, 0.6) is 0 Å². The normalized spacial score (nSPS) is 11.4. The molecule has 1 aromatic heterocycles. The maximum atomic E-state index is 5.58. The monoisotopic (exact) mass is 301 g/mol. The van der Waals surface area contributed by atoms with Gasteiger partial charge in [-0.05, 0) is 35.7 Å². The summed E-state index contributed by atoms with van der Waals surface area (Å²) in [5.74, 6) is 1.59. The van der Waals surface area contributed by atoms with Gasteiger partial charge in [0.2, 0.25) is 5.16 Å². The van der Waals surface area contributed by atoms with Gasteiger partial charge in [-0.1, -0.05) is 32.5 Å². The Morgan fingerprint density at radius 1 is 1.30 bits per heavy atom. The lowest BCUT2D eigenvalue weighted by atomic mass is 10.1. The number of nitrogens with zero attached hydrogens (tertiary/aromatic N) is 4. The van der Waals surface area contributed by atoms with Crippen LogP contribution < -0.4 is 5.32 Å². The fraction of sp³-hybridized carbons (Fsp3) is 0.923. The average Bonchev–Trinajstić information content (AvgIpc) is 2.86. The molecule has 0 aromatic carbocycles. The summed E-state index contributed by atoms with van der Waals surface area (Å²) in [6.45, 7) is 10.9. The third kappa shape index (κ3) is 7.81. The lowest BCUT2D eigenvalue weighted by Gasteiger charge is -2.07. The molecule has 0 aliphatic heterocycles. The zero-order chi connectivity index (χ0) is 14.6. The molecule has 0 unspecified atom stereocenters. The zero-order valence-electron chi connectivity index (χ0n) is 12.8. The molecule has 0 saturated heterocycles. The number of aromatic nitrogens is 4. The van der Waals surface area contributed by atoms with Gasteiger partial charge < -0.3 is 10.1 Å². The quantitative estimate of drug-likeness (QED) is 0.469. The minimum absolute atomic E-state index is 0.700. The van der Waals surface area contributed by atoms with Crippen molar-refractivity contribution in [1.29, 1.82) is 0 Å². The Morgan fingerprint density at radius 2 is 2.15 bits per heavy atom. The van der Waals surface area contributed by atoms with E-state index in [-0.39, 0.29) is 0 Å². The molecule has 116 valence electrons. The van der Waals surface area contributed by atoms with E-state index < -0.39 is 0 Å². The average molecular weight is 301 g/mol. The van der Waals surface area contributed by atoms with Crippen molar-refractivity contribution in [2.75, 3.05) is 32.1 Å². The molecule has 1 heterocycles. The van der Waals surface area contributed by atoms with Crippen LogP contribution in [0.25, 0.3) is 0 Å². The van der Waals surface area contributed by atoms with Crippen LogP contribution in [0.2, 0.25) is 0 Å². The Bertz CT molecular complexity index is 345. The fourth-order valence-corrected chi connectivity index (χ4v) is 2.29. The maximum Gasteiger partial charge on any atom is 0.209 e. The molecule has 0 bridgehead atoms. The van der Waals surface area contributed by atoms with Gasteiger partial charge in [0.1, 0.15) is 0 Å². The molecule has 20 heavy (non-hydrogen) atoms. The van der Waals surface area contributed by atoms with Crippen molar-refractivity contribution in [1.82, 2.24) is 25.5 Å². The third-order valence-corrected chi connectivity index (χ3v) is 3.65. The number of hydrogen-bond donors (Lipinski definition) is 1. The van der Waals surface area contributed by atoms with Gasteiger partial charge in [0.05, 0.1) is 13.2 Å². The van der Waals surface area contributed by atoms with Gasteiger partial charge in [-0.3, -0.25) is 0 Å². The molecule has 1 N–H and O–H groups in total. The van der Waals surface area contributed by atoms with E-state index in [1.165, 1.54) is 0 Å². The molecule has 0 amide bonds. The summed E-state index contributed by atoms with van der Waals surface area (Å²) in [6, 6.07) is 0. The summed E-state index contributed by atoms with van der Waals surface area (Å²) in [4.78, 5) is 0. The Morgan fingerprint density at radius 3 is 2.90 bits per heavy atom. The maximum absolute atomic E-state index is 5.58. The van der Waals surface area contributed by atoms with Crippen molar-refractivity contribution in [3.8, 4) is 0 Å². The van der Waals surface area contributed by atoms with E-state index in [9.17, 15) is 0 Å². The molecular formula is C13H27N5OS. The predicted molar refractivity (Wildman–Crippen MR) is 82.0 cm³/mol. The molecule has 0 aliphatic rings. The minimum Gasteiger partial charge on any atom is -0.381 e. The Hall–Kier alpha value is -0.660. The van der Waals surface area contributed by atoms with Crippen molar-refractivity contribution in [2.24, 2.45) is 5.92 Å². The largest absolute Gasteiger partial charge is 0.381 e. The highest BCUT2D eigenvalue weighted by atomic mass is 32.2. The number of rotatable bonds is 12. The second-order valence-electron chi connectivity index (χ2n) is 5.08. The smallest absolute Gasteiger partial charge is 0.209 e. The molecule has 0 fully saturated rings. The van der Waals surface area contributed by atoms with Crippen molar-refractivity contribution >= 4 is 11.8 Å².